The molecule has 4 rings (SSSR count). The number of carbonyl (C=O) groups is 1. The Labute approximate surface area is 242 Å². The number of sulfonamides is 1. The van der Waals surface area contributed by atoms with Crippen molar-refractivity contribution in [3.8, 4) is 11.1 Å². The number of benzene rings is 4. The number of aryl methyl sites for hydroxylation is 1. The number of nitrogens with zero attached hydrogens (tertiary/aromatic N) is 1. The Morgan fingerprint density at radius 1 is 0.951 bits per heavy atom. The number of likely N-dealkylation sites (N-methyl/N-ethyl adjacent to an activating group) is 1. The number of carboxylic acids is 1. The van der Waals surface area contributed by atoms with Crippen LogP contribution >= 0.6 is 0 Å². The van der Waals surface area contributed by atoms with Crippen molar-refractivity contribution in [3.63, 3.8) is 0 Å². The lowest BCUT2D eigenvalue weighted by molar-refractivity contribution is 0.0696. The van der Waals surface area contributed by atoms with Crippen molar-refractivity contribution in [2.75, 3.05) is 20.1 Å². The first-order valence-electron chi connectivity index (χ1n) is 13.6. The SMILES string of the molecule is Cc1cc(-c2ccccc2CS(=O)(=O)N(C)C[C@H](O)CNC(C)(C)Cc2ccc3ccccc3c2)ccc1C(=O)O. The van der Waals surface area contributed by atoms with E-state index >= 15 is 0 Å². The van der Waals surface area contributed by atoms with Crippen LogP contribution in [-0.4, -0.2) is 60.7 Å². The minimum absolute atomic E-state index is 0.0457. The molecular weight excluding hydrogens is 536 g/mol. The van der Waals surface area contributed by atoms with Gasteiger partial charge < -0.3 is 15.5 Å². The second-order valence-corrected chi connectivity index (χ2v) is 13.4. The molecule has 3 N–H and O–H groups in total. The minimum atomic E-state index is -3.74. The molecule has 0 unspecified atom stereocenters. The molecule has 4 aromatic rings. The summed E-state index contributed by atoms with van der Waals surface area (Å²) in [6, 6.07) is 26.8. The number of rotatable bonds is 12. The predicted molar refractivity (Wildman–Crippen MR) is 165 cm³/mol. The Morgan fingerprint density at radius 2 is 1.63 bits per heavy atom. The van der Waals surface area contributed by atoms with Gasteiger partial charge >= 0.3 is 5.97 Å². The van der Waals surface area contributed by atoms with Crippen LogP contribution in [0.4, 0.5) is 0 Å². The molecule has 4 aromatic carbocycles. The molecule has 0 aliphatic carbocycles. The van der Waals surface area contributed by atoms with Gasteiger partial charge in [-0.3, -0.25) is 0 Å². The topological polar surface area (TPSA) is 107 Å². The van der Waals surface area contributed by atoms with Crippen LogP contribution in [0.1, 0.15) is 40.9 Å². The van der Waals surface area contributed by atoms with Crippen LogP contribution in [0.25, 0.3) is 21.9 Å². The van der Waals surface area contributed by atoms with Crippen LogP contribution < -0.4 is 5.32 Å². The molecule has 1 atom stereocenters. The van der Waals surface area contributed by atoms with E-state index in [0.29, 0.717) is 11.1 Å². The van der Waals surface area contributed by atoms with Gasteiger partial charge in [-0.25, -0.2) is 17.5 Å². The summed E-state index contributed by atoms with van der Waals surface area (Å²) < 4.78 is 27.8. The van der Waals surface area contributed by atoms with Gasteiger partial charge in [0, 0.05) is 25.7 Å². The molecule has 0 heterocycles. The largest absolute Gasteiger partial charge is 0.478 e. The van der Waals surface area contributed by atoms with Gasteiger partial charge in [-0.15, -0.1) is 0 Å². The molecule has 0 amide bonds. The van der Waals surface area contributed by atoms with Crippen LogP contribution in [0.2, 0.25) is 0 Å². The Balaban J connectivity index is 1.38. The Morgan fingerprint density at radius 3 is 2.34 bits per heavy atom. The average Bonchev–Trinajstić information content (AvgIpc) is 2.91. The fraction of sp³-hybridized carbons (Fsp3) is 0.303. The summed E-state index contributed by atoms with van der Waals surface area (Å²) in [6.07, 6.45) is -0.144. The zero-order valence-corrected chi connectivity index (χ0v) is 24.8. The van der Waals surface area contributed by atoms with E-state index in [1.807, 2.05) is 24.3 Å². The maximum absolute atomic E-state index is 13.3. The number of aliphatic hydroxyl groups excluding tert-OH is 1. The van der Waals surface area contributed by atoms with E-state index in [1.54, 1.807) is 31.2 Å². The zero-order valence-electron chi connectivity index (χ0n) is 24.0. The van der Waals surface area contributed by atoms with Crippen molar-refractivity contribution in [3.05, 3.63) is 107 Å². The third-order valence-electron chi connectivity index (χ3n) is 7.34. The second-order valence-electron chi connectivity index (χ2n) is 11.3. The van der Waals surface area contributed by atoms with E-state index < -0.39 is 22.1 Å². The standard InChI is InChI=1S/C33H38N2O5S/c1-23-17-27(15-16-30(23)32(37)38)31-12-8-7-11-28(31)22-41(39,40)35(4)21-29(36)20-34-33(2,3)19-24-13-14-25-9-5-6-10-26(25)18-24/h5-18,29,34,36H,19-22H2,1-4H3,(H,37,38)/t29-/m1/s1. The van der Waals surface area contributed by atoms with E-state index in [2.05, 4.69) is 49.5 Å². The van der Waals surface area contributed by atoms with Crippen LogP contribution in [0.3, 0.4) is 0 Å². The molecule has 41 heavy (non-hydrogen) atoms. The van der Waals surface area contributed by atoms with Crippen LogP contribution in [0.5, 0.6) is 0 Å². The van der Waals surface area contributed by atoms with Gasteiger partial charge in [0.05, 0.1) is 17.4 Å². The van der Waals surface area contributed by atoms with Crippen LogP contribution in [0.15, 0.2) is 84.9 Å². The monoisotopic (exact) mass is 574 g/mol. The molecule has 8 heteroatoms. The van der Waals surface area contributed by atoms with Gasteiger partial charge in [-0.1, -0.05) is 78.9 Å². The quantitative estimate of drug-likeness (QED) is 0.214. The van der Waals surface area contributed by atoms with Crippen molar-refractivity contribution < 1.29 is 23.4 Å². The fourth-order valence-electron chi connectivity index (χ4n) is 5.10. The van der Waals surface area contributed by atoms with Crippen molar-refractivity contribution >= 4 is 26.8 Å². The molecule has 0 aromatic heterocycles. The minimum Gasteiger partial charge on any atom is -0.478 e. The maximum Gasteiger partial charge on any atom is 0.335 e. The Bertz CT molecular complexity index is 1650. The molecule has 0 aliphatic heterocycles. The number of hydrogen-bond donors (Lipinski definition) is 3. The molecule has 0 fully saturated rings. The van der Waals surface area contributed by atoms with Gasteiger partial charge in [0.15, 0.2) is 0 Å². The van der Waals surface area contributed by atoms with Crippen molar-refractivity contribution in [1.82, 2.24) is 9.62 Å². The van der Waals surface area contributed by atoms with Crippen LogP contribution in [0, 0.1) is 6.92 Å². The van der Waals surface area contributed by atoms with Gasteiger partial charge in [0.25, 0.3) is 0 Å². The molecule has 7 nitrogen and oxygen atoms in total. The van der Waals surface area contributed by atoms with Gasteiger partial charge in [-0.05, 0) is 71.8 Å². The first kappa shape index (κ1) is 30.4. The molecule has 0 saturated heterocycles. The summed E-state index contributed by atoms with van der Waals surface area (Å²) in [5.74, 6) is -1.25. The molecule has 0 saturated carbocycles. The summed E-state index contributed by atoms with van der Waals surface area (Å²) in [7, 11) is -2.26. The van der Waals surface area contributed by atoms with E-state index in [1.165, 1.54) is 33.8 Å². The van der Waals surface area contributed by atoms with E-state index in [9.17, 15) is 23.4 Å². The Hall–Kier alpha value is -3.56. The zero-order chi connectivity index (χ0) is 29.8. The highest BCUT2D eigenvalue weighted by Crippen LogP contribution is 2.28. The second kappa shape index (κ2) is 12.5. The van der Waals surface area contributed by atoms with E-state index in [0.717, 1.165) is 17.5 Å². The summed E-state index contributed by atoms with van der Waals surface area (Å²) >= 11 is 0. The highest BCUT2D eigenvalue weighted by molar-refractivity contribution is 7.88. The number of nitrogens with one attached hydrogen (secondary N) is 1. The third kappa shape index (κ3) is 7.80. The molecule has 0 spiro atoms. The predicted octanol–water partition coefficient (Wildman–Crippen LogP) is 5.25. The molecule has 0 radical (unpaired) electrons. The smallest absolute Gasteiger partial charge is 0.335 e. The summed E-state index contributed by atoms with van der Waals surface area (Å²) in [5, 5.41) is 25.8. The molecule has 0 bridgehead atoms. The summed E-state index contributed by atoms with van der Waals surface area (Å²) in [6.45, 7) is 6.05. The van der Waals surface area contributed by atoms with E-state index in [4.69, 9.17) is 0 Å². The first-order valence-corrected chi connectivity index (χ1v) is 15.2. The Kier molecular flexibility index (Phi) is 9.29. The van der Waals surface area contributed by atoms with E-state index in [-0.39, 0.29) is 29.9 Å². The number of aromatic carboxylic acids is 1. The molecular formula is C33H38N2O5S. The van der Waals surface area contributed by atoms with Crippen molar-refractivity contribution in [2.24, 2.45) is 0 Å². The average molecular weight is 575 g/mol. The number of hydrogen-bond acceptors (Lipinski definition) is 5. The number of β-amino-alcohol motifs (C(OH)–C–C–N with tert-alkyl or cyclic N) is 1. The van der Waals surface area contributed by atoms with Crippen LogP contribution in [-0.2, 0) is 22.2 Å². The molecule has 0 aliphatic rings. The van der Waals surface area contributed by atoms with Gasteiger partial charge in [-0.2, -0.15) is 0 Å². The maximum atomic E-state index is 13.3. The summed E-state index contributed by atoms with van der Waals surface area (Å²) in [4.78, 5) is 11.4. The number of carboxylic acid groups (broad SMARTS) is 1. The lowest BCUT2D eigenvalue weighted by Crippen LogP contribution is -2.47. The lowest BCUT2D eigenvalue weighted by atomic mass is 9.93. The highest BCUT2D eigenvalue weighted by Gasteiger charge is 2.25. The third-order valence-corrected chi connectivity index (χ3v) is 9.12. The number of fused-ring (bicyclic) bond motifs is 1. The van der Waals surface area contributed by atoms with Gasteiger partial charge in [0.2, 0.25) is 10.0 Å². The fourth-order valence-corrected chi connectivity index (χ4v) is 6.36. The van der Waals surface area contributed by atoms with Crippen molar-refractivity contribution in [2.45, 2.75) is 44.6 Å². The number of aliphatic hydroxyl groups is 1. The highest BCUT2D eigenvalue weighted by atomic mass is 32.2. The summed E-state index contributed by atoms with van der Waals surface area (Å²) in [5.41, 5.74) is 3.76. The first-order chi connectivity index (χ1) is 19.3. The normalized spacial score (nSPS) is 13.0. The molecule has 216 valence electrons. The lowest BCUT2D eigenvalue weighted by Gasteiger charge is -2.29. The van der Waals surface area contributed by atoms with Gasteiger partial charge in [0.1, 0.15) is 0 Å². The van der Waals surface area contributed by atoms with Crippen molar-refractivity contribution in [1.29, 1.82) is 0 Å².